The van der Waals surface area contributed by atoms with Crippen LogP contribution in [0.15, 0.2) is 24.3 Å². The molecular weight excluding hydrogens is 228 g/mol. The Labute approximate surface area is 109 Å². The minimum absolute atomic E-state index is 0.0361. The van der Waals surface area contributed by atoms with Gasteiger partial charge in [-0.15, -0.1) is 0 Å². The van der Waals surface area contributed by atoms with Crippen LogP contribution in [0.3, 0.4) is 0 Å². The molecule has 1 saturated heterocycles. The van der Waals surface area contributed by atoms with E-state index in [1.54, 1.807) is 0 Å². The van der Waals surface area contributed by atoms with Gasteiger partial charge in [-0.05, 0) is 30.4 Å². The van der Waals surface area contributed by atoms with Crippen LogP contribution in [0.1, 0.15) is 37.0 Å². The van der Waals surface area contributed by atoms with Gasteiger partial charge in [0.1, 0.15) is 6.10 Å². The van der Waals surface area contributed by atoms with Gasteiger partial charge in [0.2, 0.25) is 0 Å². The standard InChI is InChI=1S/C15H22O3/c1-2-12-5-3-4-6-14(12)15(11-16)18-13-7-9-17-10-8-13/h3-6,13,15-16H,2,7-11H2,1H3/t15-/m0/s1. The summed E-state index contributed by atoms with van der Waals surface area (Å²) in [5, 5.41) is 9.57. The average molecular weight is 250 g/mol. The van der Waals surface area contributed by atoms with E-state index in [1.807, 2.05) is 12.1 Å². The molecule has 0 bridgehead atoms. The highest BCUT2D eigenvalue weighted by molar-refractivity contribution is 5.29. The Kier molecular flexibility index (Phi) is 5.17. The second-order valence-corrected chi connectivity index (χ2v) is 4.67. The molecule has 0 aromatic heterocycles. The summed E-state index contributed by atoms with van der Waals surface area (Å²) < 4.78 is 11.4. The molecule has 1 aromatic carbocycles. The number of aliphatic hydroxyl groups is 1. The predicted octanol–water partition coefficient (Wildman–Crippen LogP) is 2.48. The van der Waals surface area contributed by atoms with Crippen LogP contribution in [0.2, 0.25) is 0 Å². The van der Waals surface area contributed by atoms with Gasteiger partial charge in [0, 0.05) is 13.2 Å². The lowest BCUT2D eigenvalue weighted by Gasteiger charge is -2.28. The molecule has 0 radical (unpaired) electrons. The van der Waals surface area contributed by atoms with Crippen LogP contribution < -0.4 is 0 Å². The molecule has 3 nitrogen and oxygen atoms in total. The van der Waals surface area contributed by atoms with Gasteiger partial charge < -0.3 is 14.6 Å². The number of aryl methyl sites for hydroxylation is 1. The van der Waals surface area contributed by atoms with E-state index in [2.05, 4.69) is 19.1 Å². The SMILES string of the molecule is CCc1ccccc1[C@H](CO)OC1CCOCC1. The molecule has 0 saturated carbocycles. The highest BCUT2D eigenvalue weighted by Crippen LogP contribution is 2.25. The number of ether oxygens (including phenoxy) is 2. The van der Waals surface area contributed by atoms with Crippen LogP contribution in [0, 0.1) is 0 Å². The van der Waals surface area contributed by atoms with Crippen molar-refractivity contribution in [2.24, 2.45) is 0 Å². The molecule has 0 spiro atoms. The molecule has 18 heavy (non-hydrogen) atoms. The molecule has 2 rings (SSSR count). The molecule has 1 fully saturated rings. The van der Waals surface area contributed by atoms with Crippen molar-refractivity contribution in [1.29, 1.82) is 0 Å². The van der Waals surface area contributed by atoms with Crippen LogP contribution in [0.25, 0.3) is 0 Å². The fraction of sp³-hybridized carbons (Fsp3) is 0.600. The summed E-state index contributed by atoms with van der Waals surface area (Å²) in [7, 11) is 0. The van der Waals surface area contributed by atoms with Crippen LogP contribution in [-0.2, 0) is 15.9 Å². The summed E-state index contributed by atoms with van der Waals surface area (Å²) in [6, 6.07) is 8.19. The lowest BCUT2D eigenvalue weighted by molar-refractivity contribution is -0.0850. The largest absolute Gasteiger partial charge is 0.393 e. The first-order chi connectivity index (χ1) is 8.85. The fourth-order valence-electron chi connectivity index (χ4n) is 2.43. The number of benzene rings is 1. The average Bonchev–Trinajstić information content (AvgIpc) is 2.46. The zero-order valence-electron chi connectivity index (χ0n) is 11.0. The summed E-state index contributed by atoms with van der Waals surface area (Å²) in [5.41, 5.74) is 2.37. The quantitative estimate of drug-likeness (QED) is 0.872. The van der Waals surface area contributed by atoms with Gasteiger partial charge in [-0.3, -0.25) is 0 Å². The maximum absolute atomic E-state index is 9.57. The summed E-state index contributed by atoms with van der Waals surface area (Å²) >= 11 is 0. The minimum atomic E-state index is -0.204. The number of hydrogen-bond acceptors (Lipinski definition) is 3. The van der Waals surface area contributed by atoms with Gasteiger partial charge in [-0.25, -0.2) is 0 Å². The third-order valence-corrected chi connectivity index (χ3v) is 3.47. The van der Waals surface area contributed by atoms with E-state index in [0.717, 1.165) is 38.0 Å². The maximum atomic E-state index is 9.57. The second kappa shape index (κ2) is 6.88. The van der Waals surface area contributed by atoms with Crippen molar-refractivity contribution in [1.82, 2.24) is 0 Å². The van der Waals surface area contributed by atoms with Crippen molar-refractivity contribution in [3.05, 3.63) is 35.4 Å². The fourth-order valence-corrected chi connectivity index (χ4v) is 2.43. The van der Waals surface area contributed by atoms with Gasteiger partial charge in [-0.1, -0.05) is 31.2 Å². The van der Waals surface area contributed by atoms with E-state index in [0.29, 0.717) is 0 Å². The van der Waals surface area contributed by atoms with Gasteiger partial charge in [-0.2, -0.15) is 0 Å². The van der Waals surface area contributed by atoms with E-state index in [-0.39, 0.29) is 18.8 Å². The zero-order chi connectivity index (χ0) is 12.8. The van der Waals surface area contributed by atoms with E-state index in [9.17, 15) is 5.11 Å². The molecule has 3 heteroatoms. The summed E-state index contributed by atoms with van der Waals surface area (Å²) in [4.78, 5) is 0. The van der Waals surface area contributed by atoms with Crippen molar-refractivity contribution in [3.63, 3.8) is 0 Å². The Morgan fingerprint density at radius 3 is 2.72 bits per heavy atom. The van der Waals surface area contributed by atoms with Crippen molar-refractivity contribution in [2.45, 2.75) is 38.4 Å². The van der Waals surface area contributed by atoms with E-state index >= 15 is 0 Å². The summed E-state index contributed by atoms with van der Waals surface area (Å²) in [5.74, 6) is 0. The minimum Gasteiger partial charge on any atom is -0.393 e. The summed E-state index contributed by atoms with van der Waals surface area (Å²) in [6.07, 6.45) is 2.81. The Bertz CT molecular complexity index is 359. The molecule has 1 heterocycles. The van der Waals surface area contributed by atoms with Crippen LogP contribution in [0.4, 0.5) is 0 Å². The summed E-state index contributed by atoms with van der Waals surface area (Å²) in [6.45, 7) is 3.69. The van der Waals surface area contributed by atoms with Crippen molar-refractivity contribution in [2.75, 3.05) is 19.8 Å². The van der Waals surface area contributed by atoms with E-state index in [1.165, 1.54) is 5.56 Å². The van der Waals surface area contributed by atoms with Crippen molar-refractivity contribution in [3.8, 4) is 0 Å². The molecular formula is C15H22O3. The lowest BCUT2D eigenvalue weighted by Crippen LogP contribution is -2.26. The van der Waals surface area contributed by atoms with Crippen molar-refractivity contribution < 1.29 is 14.6 Å². The second-order valence-electron chi connectivity index (χ2n) is 4.67. The number of hydrogen-bond donors (Lipinski definition) is 1. The van der Waals surface area contributed by atoms with E-state index in [4.69, 9.17) is 9.47 Å². The Hall–Kier alpha value is -0.900. The third-order valence-electron chi connectivity index (χ3n) is 3.47. The van der Waals surface area contributed by atoms with Crippen LogP contribution >= 0.6 is 0 Å². The molecule has 1 aliphatic heterocycles. The topological polar surface area (TPSA) is 38.7 Å². The highest BCUT2D eigenvalue weighted by atomic mass is 16.5. The van der Waals surface area contributed by atoms with Crippen molar-refractivity contribution >= 4 is 0 Å². The molecule has 1 aliphatic rings. The predicted molar refractivity (Wildman–Crippen MR) is 70.6 cm³/mol. The van der Waals surface area contributed by atoms with Crippen LogP contribution in [-0.4, -0.2) is 31.0 Å². The Morgan fingerprint density at radius 2 is 2.06 bits per heavy atom. The first kappa shape index (κ1) is 13.5. The molecule has 1 N–H and O–H groups in total. The zero-order valence-corrected chi connectivity index (χ0v) is 11.0. The lowest BCUT2D eigenvalue weighted by atomic mass is 10.0. The first-order valence-corrected chi connectivity index (χ1v) is 6.77. The highest BCUT2D eigenvalue weighted by Gasteiger charge is 2.21. The molecule has 1 atom stereocenters. The smallest absolute Gasteiger partial charge is 0.106 e. The number of rotatable bonds is 5. The van der Waals surface area contributed by atoms with E-state index < -0.39 is 0 Å². The Balaban J connectivity index is 2.07. The first-order valence-electron chi connectivity index (χ1n) is 6.77. The normalized spacial score (nSPS) is 18.8. The molecule has 0 unspecified atom stereocenters. The van der Waals surface area contributed by atoms with Gasteiger partial charge in [0.05, 0.1) is 12.7 Å². The molecule has 0 aliphatic carbocycles. The monoisotopic (exact) mass is 250 g/mol. The maximum Gasteiger partial charge on any atom is 0.106 e. The molecule has 0 amide bonds. The van der Waals surface area contributed by atoms with Gasteiger partial charge >= 0.3 is 0 Å². The van der Waals surface area contributed by atoms with Crippen LogP contribution in [0.5, 0.6) is 0 Å². The Morgan fingerprint density at radius 1 is 1.33 bits per heavy atom. The van der Waals surface area contributed by atoms with Gasteiger partial charge in [0.25, 0.3) is 0 Å². The molecule has 1 aromatic rings. The van der Waals surface area contributed by atoms with Gasteiger partial charge in [0.15, 0.2) is 0 Å². The molecule has 100 valence electrons. The number of aliphatic hydroxyl groups excluding tert-OH is 1. The third kappa shape index (κ3) is 3.31.